The van der Waals surface area contributed by atoms with Gasteiger partial charge in [-0.3, -0.25) is 4.79 Å². The molecule has 0 saturated carbocycles. The van der Waals surface area contributed by atoms with Gasteiger partial charge in [0.05, 0.1) is 0 Å². The Morgan fingerprint density at radius 3 is 2.87 bits per heavy atom. The van der Waals surface area contributed by atoms with Gasteiger partial charge >= 0.3 is 0 Å². The molecule has 0 spiro atoms. The molecular formula is C11H17N3O. The monoisotopic (exact) mass is 207 g/mol. The maximum atomic E-state index is 11.6. The average molecular weight is 207 g/mol. The van der Waals surface area contributed by atoms with Gasteiger partial charge in [0, 0.05) is 23.8 Å². The molecule has 82 valence electrons. The van der Waals surface area contributed by atoms with E-state index in [4.69, 9.17) is 5.73 Å². The number of rotatable bonds is 2. The van der Waals surface area contributed by atoms with E-state index in [1.54, 1.807) is 0 Å². The van der Waals surface area contributed by atoms with E-state index in [2.05, 4.69) is 10.3 Å². The first kappa shape index (κ1) is 10.4. The van der Waals surface area contributed by atoms with Crippen molar-refractivity contribution in [2.45, 2.75) is 31.8 Å². The summed E-state index contributed by atoms with van der Waals surface area (Å²) in [6.45, 7) is 1.33. The van der Waals surface area contributed by atoms with Crippen molar-refractivity contribution >= 4 is 0 Å². The fraction of sp³-hybridized carbons (Fsp3) is 0.545. The van der Waals surface area contributed by atoms with Crippen LogP contribution in [0.1, 0.15) is 36.6 Å². The first-order valence-corrected chi connectivity index (χ1v) is 5.47. The maximum Gasteiger partial charge on any atom is 0.252 e. The molecule has 0 amide bonds. The Balaban J connectivity index is 2.21. The molecule has 1 aliphatic heterocycles. The van der Waals surface area contributed by atoms with Crippen LogP contribution in [0.3, 0.4) is 0 Å². The van der Waals surface area contributed by atoms with E-state index in [1.807, 2.05) is 12.1 Å². The number of hydrogen-bond acceptors (Lipinski definition) is 3. The molecule has 15 heavy (non-hydrogen) atoms. The Labute approximate surface area is 88.9 Å². The number of hydrogen-bond donors (Lipinski definition) is 3. The molecule has 0 aromatic carbocycles. The van der Waals surface area contributed by atoms with Gasteiger partial charge in [0.1, 0.15) is 0 Å². The first-order valence-electron chi connectivity index (χ1n) is 5.47. The van der Waals surface area contributed by atoms with Crippen LogP contribution in [0, 0.1) is 0 Å². The van der Waals surface area contributed by atoms with E-state index in [0.717, 1.165) is 18.7 Å². The van der Waals surface area contributed by atoms with Crippen molar-refractivity contribution < 1.29 is 0 Å². The number of piperidine rings is 1. The Hall–Kier alpha value is -1.13. The highest BCUT2D eigenvalue weighted by atomic mass is 16.1. The van der Waals surface area contributed by atoms with Gasteiger partial charge < -0.3 is 16.0 Å². The zero-order valence-electron chi connectivity index (χ0n) is 8.75. The number of aromatic nitrogens is 1. The van der Waals surface area contributed by atoms with Crippen LogP contribution in [0.4, 0.5) is 0 Å². The fourth-order valence-corrected chi connectivity index (χ4v) is 2.00. The Kier molecular flexibility index (Phi) is 3.18. The van der Waals surface area contributed by atoms with Gasteiger partial charge in [-0.15, -0.1) is 0 Å². The molecule has 0 aliphatic carbocycles. The fourth-order valence-electron chi connectivity index (χ4n) is 2.00. The van der Waals surface area contributed by atoms with Gasteiger partial charge in [0.15, 0.2) is 0 Å². The first-order chi connectivity index (χ1) is 7.31. The molecule has 4 N–H and O–H groups in total. The molecule has 1 fully saturated rings. The molecule has 1 unspecified atom stereocenters. The second kappa shape index (κ2) is 4.59. The van der Waals surface area contributed by atoms with Crippen molar-refractivity contribution in [2.75, 3.05) is 6.54 Å². The van der Waals surface area contributed by atoms with Crippen LogP contribution in [-0.4, -0.2) is 11.5 Å². The number of aromatic amines is 1. The predicted octanol–water partition coefficient (Wildman–Crippen LogP) is 0.648. The highest BCUT2D eigenvalue weighted by Gasteiger charge is 2.15. The summed E-state index contributed by atoms with van der Waals surface area (Å²) in [5.41, 5.74) is 7.02. The smallest absolute Gasteiger partial charge is 0.252 e. The molecule has 0 bridgehead atoms. The lowest BCUT2D eigenvalue weighted by Gasteiger charge is -2.23. The molecule has 0 radical (unpaired) electrons. The van der Waals surface area contributed by atoms with Crippen molar-refractivity contribution in [2.24, 2.45) is 5.73 Å². The Bertz CT molecular complexity index is 380. The number of nitrogens with two attached hydrogens (primary N) is 1. The van der Waals surface area contributed by atoms with Crippen molar-refractivity contribution in [3.05, 3.63) is 33.7 Å². The molecule has 2 rings (SSSR count). The lowest BCUT2D eigenvalue weighted by Crippen LogP contribution is -2.29. The van der Waals surface area contributed by atoms with Crippen LogP contribution in [0.25, 0.3) is 0 Å². The molecular weight excluding hydrogens is 190 g/mol. The van der Waals surface area contributed by atoms with Crippen LogP contribution in [0.15, 0.2) is 16.9 Å². The molecule has 1 atom stereocenters. The van der Waals surface area contributed by atoms with E-state index in [1.165, 1.54) is 12.8 Å². The standard InChI is InChI=1S/C11H17N3O/c12-7-8-4-5-10(14-11(8)15)9-3-1-2-6-13-9/h4-5,9,13H,1-3,6-7,12H2,(H,14,15). The summed E-state index contributed by atoms with van der Waals surface area (Å²) in [6.07, 6.45) is 3.54. The van der Waals surface area contributed by atoms with Crippen LogP contribution in [0.2, 0.25) is 0 Å². The molecule has 1 saturated heterocycles. The van der Waals surface area contributed by atoms with E-state index in [9.17, 15) is 4.79 Å². The van der Waals surface area contributed by atoms with Crippen LogP contribution in [-0.2, 0) is 6.54 Å². The van der Waals surface area contributed by atoms with Crippen LogP contribution in [0.5, 0.6) is 0 Å². The van der Waals surface area contributed by atoms with E-state index < -0.39 is 0 Å². The summed E-state index contributed by atoms with van der Waals surface area (Å²) in [5.74, 6) is 0. The van der Waals surface area contributed by atoms with Gasteiger partial charge in [-0.25, -0.2) is 0 Å². The molecule has 4 heteroatoms. The second-order valence-corrected chi connectivity index (χ2v) is 3.97. The molecule has 4 nitrogen and oxygen atoms in total. The highest BCUT2D eigenvalue weighted by Crippen LogP contribution is 2.20. The number of H-pyrrole nitrogens is 1. The summed E-state index contributed by atoms with van der Waals surface area (Å²) >= 11 is 0. The van der Waals surface area contributed by atoms with Gasteiger partial charge in [-0.05, 0) is 25.5 Å². The van der Waals surface area contributed by atoms with Gasteiger partial charge in [0.2, 0.25) is 0 Å². The summed E-state index contributed by atoms with van der Waals surface area (Å²) < 4.78 is 0. The van der Waals surface area contributed by atoms with Crippen LogP contribution < -0.4 is 16.6 Å². The second-order valence-electron chi connectivity index (χ2n) is 3.97. The molecule has 1 aliphatic rings. The minimum atomic E-state index is -0.0534. The van der Waals surface area contributed by atoms with Crippen molar-refractivity contribution in [1.82, 2.24) is 10.3 Å². The summed E-state index contributed by atoms with van der Waals surface area (Å²) in [5, 5.41) is 3.40. The van der Waals surface area contributed by atoms with Gasteiger partial charge in [-0.2, -0.15) is 0 Å². The zero-order valence-corrected chi connectivity index (χ0v) is 8.75. The molecule has 1 aromatic rings. The largest absolute Gasteiger partial charge is 0.326 e. The van der Waals surface area contributed by atoms with Crippen LogP contribution >= 0.6 is 0 Å². The van der Waals surface area contributed by atoms with Crippen molar-refractivity contribution in [1.29, 1.82) is 0 Å². The van der Waals surface area contributed by atoms with E-state index >= 15 is 0 Å². The van der Waals surface area contributed by atoms with E-state index in [-0.39, 0.29) is 5.56 Å². The summed E-state index contributed by atoms with van der Waals surface area (Å²) in [4.78, 5) is 14.4. The quantitative estimate of drug-likeness (QED) is 0.666. The maximum absolute atomic E-state index is 11.6. The highest BCUT2D eigenvalue weighted by molar-refractivity contribution is 5.16. The summed E-state index contributed by atoms with van der Waals surface area (Å²) in [6, 6.07) is 4.09. The zero-order chi connectivity index (χ0) is 10.7. The van der Waals surface area contributed by atoms with Crippen molar-refractivity contribution in [3.63, 3.8) is 0 Å². The Morgan fingerprint density at radius 2 is 2.27 bits per heavy atom. The number of pyridine rings is 1. The van der Waals surface area contributed by atoms with Gasteiger partial charge in [0.25, 0.3) is 5.56 Å². The predicted molar refractivity (Wildman–Crippen MR) is 59.5 cm³/mol. The Morgan fingerprint density at radius 1 is 1.40 bits per heavy atom. The van der Waals surface area contributed by atoms with E-state index in [0.29, 0.717) is 18.2 Å². The molecule has 2 heterocycles. The third-order valence-electron chi connectivity index (χ3n) is 2.92. The third-order valence-corrected chi connectivity index (χ3v) is 2.92. The van der Waals surface area contributed by atoms with Crippen molar-refractivity contribution in [3.8, 4) is 0 Å². The normalized spacial score (nSPS) is 21.5. The number of nitrogens with one attached hydrogen (secondary N) is 2. The summed E-state index contributed by atoms with van der Waals surface area (Å²) in [7, 11) is 0. The lowest BCUT2D eigenvalue weighted by atomic mass is 10.0. The third kappa shape index (κ3) is 2.27. The average Bonchev–Trinajstić information content (AvgIpc) is 2.30. The van der Waals surface area contributed by atoms with Gasteiger partial charge in [-0.1, -0.05) is 12.5 Å². The topological polar surface area (TPSA) is 70.9 Å². The lowest BCUT2D eigenvalue weighted by molar-refractivity contribution is 0.404. The minimum Gasteiger partial charge on any atom is -0.326 e. The minimum absolute atomic E-state index is 0.0534. The molecule has 1 aromatic heterocycles. The SMILES string of the molecule is NCc1ccc(C2CCCCN2)[nH]c1=O.